The van der Waals surface area contributed by atoms with Crippen LogP contribution in [0.2, 0.25) is 0 Å². The fourth-order valence-corrected chi connectivity index (χ4v) is 4.78. The molecule has 3 aromatic carbocycles. The van der Waals surface area contributed by atoms with Crippen LogP contribution in [-0.2, 0) is 0 Å². The molecular weight excluding hydrogens is 384 g/mol. The second-order valence-corrected chi connectivity index (χ2v) is 7.84. The van der Waals surface area contributed by atoms with Gasteiger partial charge in [0.2, 0.25) is 0 Å². The summed E-state index contributed by atoms with van der Waals surface area (Å²) in [7, 11) is 0. The first-order valence-electron chi connectivity index (χ1n) is 9.03. The molecule has 0 unspecified atom stereocenters. The van der Waals surface area contributed by atoms with Crippen molar-refractivity contribution in [1.82, 2.24) is 14.4 Å². The van der Waals surface area contributed by atoms with E-state index in [4.69, 9.17) is 9.97 Å². The van der Waals surface area contributed by atoms with Gasteiger partial charge in [-0.05, 0) is 24.3 Å². The Bertz CT molecular complexity index is 1600. The van der Waals surface area contributed by atoms with E-state index in [1.165, 1.54) is 17.4 Å². The van der Waals surface area contributed by atoms with Crippen LogP contribution in [0, 0.1) is 10.1 Å². The number of nitro groups is 1. The SMILES string of the molecule is O=[N+]([O-])c1ccc2nc(-c3nc4ccccc4c4cc5ccccc5n34)sc2c1. The van der Waals surface area contributed by atoms with Crippen molar-refractivity contribution in [3.05, 3.63) is 82.9 Å². The number of thiazole rings is 1. The fourth-order valence-electron chi connectivity index (χ4n) is 3.80. The molecule has 3 aromatic heterocycles. The molecule has 0 aliphatic carbocycles. The van der Waals surface area contributed by atoms with Gasteiger partial charge in [-0.1, -0.05) is 36.4 Å². The average Bonchev–Trinajstić information content (AvgIpc) is 3.34. The lowest BCUT2D eigenvalue weighted by Crippen LogP contribution is -1.97. The highest BCUT2D eigenvalue weighted by atomic mass is 32.1. The van der Waals surface area contributed by atoms with Gasteiger partial charge in [0.1, 0.15) is 0 Å². The summed E-state index contributed by atoms with van der Waals surface area (Å²) in [4.78, 5) is 20.4. The highest BCUT2D eigenvalue weighted by Crippen LogP contribution is 2.35. The number of nitro benzene ring substituents is 1. The summed E-state index contributed by atoms with van der Waals surface area (Å²) >= 11 is 1.42. The van der Waals surface area contributed by atoms with Crippen molar-refractivity contribution >= 4 is 54.6 Å². The van der Waals surface area contributed by atoms with Crippen molar-refractivity contribution in [1.29, 1.82) is 0 Å². The highest BCUT2D eigenvalue weighted by Gasteiger charge is 2.18. The molecule has 0 fully saturated rings. The van der Waals surface area contributed by atoms with Crippen LogP contribution in [-0.4, -0.2) is 19.3 Å². The lowest BCUT2D eigenvalue weighted by Gasteiger charge is -2.07. The Hall–Kier alpha value is -3.84. The van der Waals surface area contributed by atoms with E-state index in [-0.39, 0.29) is 10.6 Å². The predicted molar refractivity (Wildman–Crippen MR) is 115 cm³/mol. The van der Waals surface area contributed by atoms with Gasteiger partial charge in [0.05, 0.1) is 31.7 Å². The molecule has 6 nitrogen and oxygen atoms in total. The molecule has 0 aliphatic heterocycles. The van der Waals surface area contributed by atoms with Crippen LogP contribution in [0.1, 0.15) is 0 Å². The Labute approximate surface area is 167 Å². The maximum Gasteiger partial charge on any atom is 0.270 e. The van der Waals surface area contributed by atoms with Crippen molar-refractivity contribution in [3.63, 3.8) is 0 Å². The second kappa shape index (κ2) is 5.83. The molecule has 6 rings (SSSR count). The molecule has 29 heavy (non-hydrogen) atoms. The van der Waals surface area contributed by atoms with Gasteiger partial charge in [0, 0.05) is 22.9 Å². The largest absolute Gasteiger partial charge is 0.291 e. The van der Waals surface area contributed by atoms with E-state index in [9.17, 15) is 10.1 Å². The van der Waals surface area contributed by atoms with E-state index in [0.29, 0.717) is 0 Å². The standard InChI is InChI=1S/C22H12N4O2S/c27-26(28)14-9-10-17-20(12-14)29-22(24-17)21-23-16-7-3-2-6-15(16)19-11-13-5-1-4-8-18(13)25(19)21/h1-12H. The summed E-state index contributed by atoms with van der Waals surface area (Å²) in [6, 6.07) is 23.2. The van der Waals surface area contributed by atoms with Crippen LogP contribution in [0.5, 0.6) is 0 Å². The number of non-ortho nitro benzene ring substituents is 1. The molecular formula is C22H12N4O2S. The molecule has 0 bridgehead atoms. The van der Waals surface area contributed by atoms with Crippen molar-refractivity contribution in [2.75, 3.05) is 0 Å². The van der Waals surface area contributed by atoms with Crippen LogP contribution in [0.15, 0.2) is 72.8 Å². The van der Waals surface area contributed by atoms with Crippen molar-refractivity contribution in [2.24, 2.45) is 0 Å². The van der Waals surface area contributed by atoms with E-state index in [0.717, 1.165) is 48.4 Å². The van der Waals surface area contributed by atoms with Gasteiger partial charge in [0.15, 0.2) is 10.8 Å². The highest BCUT2D eigenvalue weighted by molar-refractivity contribution is 7.21. The predicted octanol–water partition coefficient (Wildman–Crippen LogP) is 5.83. The zero-order valence-electron chi connectivity index (χ0n) is 14.9. The second-order valence-electron chi connectivity index (χ2n) is 6.80. The first-order chi connectivity index (χ1) is 14.2. The smallest absolute Gasteiger partial charge is 0.270 e. The molecule has 0 atom stereocenters. The van der Waals surface area contributed by atoms with E-state index in [1.54, 1.807) is 12.1 Å². The van der Waals surface area contributed by atoms with Crippen LogP contribution < -0.4 is 0 Å². The molecule has 0 saturated heterocycles. The van der Waals surface area contributed by atoms with Gasteiger partial charge < -0.3 is 0 Å². The van der Waals surface area contributed by atoms with E-state index in [1.807, 2.05) is 30.3 Å². The molecule has 3 heterocycles. The quantitative estimate of drug-likeness (QED) is 0.273. The molecule has 0 radical (unpaired) electrons. The molecule has 0 aliphatic rings. The van der Waals surface area contributed by atoms with Gasteiger partial charge in [-0.15, -0.1) is 11.3 Å². The van der Waals surface area contributed by atoms with E-state index >= 15 is 0 Å². The van der Waals surface area contributed by atoms with Crippen molar-refractivity contribution in [2.45, 2.75) is 0 Å². The molecule has 6 aromatic rings. The summed E-state index contributed by atoms with van der Waals surface area (Å²) in [5.74, 6) is 0.740. The number of hydrogen-bond acceptors (Lipinski definition) is 5. The van der Waals surface area contributed by atoms with Crippen LogP contribution in [0.4, 0.5) is 5.69 Å². The average molecular weight is 396 g/mol. The Morgan fingerprint density at radius 3 is 2.59 bits per heavy atom. The normalized spacial score (nSPS) is 11.7. The summed E-state index contributed by atoms with van der Waals surface area (Å²) in [5, 5.41) is 14.1. The lowest BCUT2D eigenvalue weighted by molar-refractivity contribution is -0.384. The summed E-state index contributed by atoms with van der Waals surface area (Å²) in [6.45, 7) is 0. The third-order valence-electron chi connectivity index (χ3n) is 5.10. The maximum atomic E-state index is 11.1. The van der Waals surface area contributed by atoms with E-state index in [2.05, 4.69) is 28.7 Å². The van der Waals surface area contributed by atoms with E-state index < -0.39 is 0 Å². The van der Waals surface area contributed by atoms with Crippen molar-refractivity contribution < 1.29 is 4.92 Å². The number of fused-ring (bicyclic) bond motifs is 6. The number of hydrogen-bond donors (Lipinski definition) is 0. The first-order valence-corrected chi connectivity index (χ1v) is 9.85. The number of nitrogens with zero attached hydrogens (tertiary/aromatic N) is 4. The van der Waals surface area contributed by atoms with Gasteiger partial charge >= 0.3 is 0 Å². The summed E-state index contributed by atoms with van der Waals surface area (Å²) in [6.07, 6.45) is 0. The zero-order chi connectivity index (χ0) is 19.5. The maximum absolute atomic E-state index is 11.1. The van der Waals surface area contributed by atoms with Gasteiger partial charge in [0.25, 0.3) is 5.69 Å². The minimum absolute atomic E-state index is 0.0655. The Morgan fingerprint density at radius 1 is 0.862 bits per heavy atom. The lowest BCUT2D eigenvalue weighted by atomic mass is 10.2. The number of para-hydroxylation sites is 2. The Morgan fingerprint density at radius 2 is 1.69 bits per heavy atom. The Kier molecular flexibility index (Phi) is 3.24. The van der Waals surface area contributed by atoms with Crippen LogP contribution >= 0.6 is 11.3 Å². The summed E-state index contributed by atoms with van der Waals surface area (Å²) < 4.78 is 2.90. The number of aromatic nitrogens is 3. The molecule has 0 N–H and O–H groups in total. The monoisotopic (exact) mass is 396 g/mol. The zero-order valence-corrected chi connectivity index (χ0v) is 15.8. The minimum Gasteiger partial charge on any atom is -0.291 e. The molecule has 0 saturated carbocycles. The fraction of sp³-hybridized carbons (Fsp3) is 0. The van der Waals surface area contributed by atoms with Gasteiger partial charge in [-0.25, -0.2) is 9.97 Å². The van der Waals surface area contributed by atoms with Crippen LogP contribution in [0.25, 0.3) is 48.4 Å². The number of benzene rings is 3. The Balaban J connectivity index is 1.74. The molecule has 138 valence electrons. The summed E-state index contributed by atoms with van der Waals surface area (Å²) in [5.41, 5.74) is 3.81. The number of rotatable bonds is 2. The first kappa shape index (κ1) is 16.1. The minimum atomic E-state index is -0.384. The van der Waals surface area contributed by atoms with Crippen LogP contribution in [0.3, 0.4) is 0 Å². The van der Waals surface area contributed by atoms with Gasteiger partial charge in [-0.2, -0.15) is 0 Å². The molecule has 0 amide bonds. The molecule has 0 spiro atoms. The third kappa shape index (κ3) is 2.34. The van der Waals surface area contributed by atoms with Gasteiger partial charge in [-0.3, -0.25) is 14.5 Å². The van der Waals surface area contributed by atoms with Crippen molar-refractivity contribution in [3.8, 4) is 10.8 Å². The third-order valence-corrected chi connectivity index (χ3v) is 6.12. The topological polar surface area (TPSA) is 73.3 Å². The molecule has 7 heteroatoms.